The van der Waals surface area contributed by atoms with E-state index in [1.54, 1.807) is 6.07 Å². The van der Waals surface area contributed by atoms with Crippen molar-refractivity contribution in [2.75, 3.05) is 0 Å². The maximum atomic E-state index is 14.6. The maximum Gasteiger partial charge on any atom is 0.422 e. The molecule has 0 unspecified atom stereocenters. The second-order valence-electron chi connectivity index (χ2n) is 6.69. The molecular formula is C22H14F8. The number of hydrogen-bond acceptors (Lipinski definition) is 0. The Kier molecular flexibility index (Phi) is 5.87. The van der Waals surface area contributed by atoms with E-state index < -0.39 is 52.0 Å². The summed E-state index contributed by atoms with van der Waals surface area (Å²) in [5.74, 6) is -7.32. The first-order valence-electron chi connectivity index (χ1n) is 8.87. The smallest absolute Gasteiger partial charge is 0.206 e. The van der Waals surface area contributed by atoms with Gasteiger partial charge in [0.15, 0.2) is 0 Å². The predicted molar refractivity (Wildman–Crippen MR) is 96.1 cm³/mol. The first-order chi connectivity index (χ1) is 14.0. The molecule has 30 heavy (non-hydrogen) atoms. The number of halogens is 8. The van der Waals surface area contributed by atoms with Crippen LogP contribution in [0, 0.1) is 29.1 Å². The Balaban J connectivity index is 2.09. The van der Waals surface area contributed by atoms with Crippen molar-refractivity contribution in [2.45, 2.75) is 25.9 Å². The molecule has 0 aliphatic rings. The van der Waals surface area contributed by atoms with Gasteiger partial charge in [0.05, 0.1) is 5.56 Å². The number of rotatable bonds is 4. The molecule has 3 aromatic carbocycles. The van der Waals surface area contributed by atoms with Crippen LogP contribution < -0.4 is 0 Å². The molecule has 3 aromatic rings. The molecule has 0 saturated carbocycles. The quantitative estimate of drug-likeness (QED) is 0.372. The predicted octanol–water partition coefficient (Wildman–Crippen LogP) is 7.69. The van der Waals surface area contributed by atoms with Crippen LogP contribution >= 0.6 is 0 Å². The highest BCUT2D eigenvalue weighted by atomic mass is 19.4. The lowest BCUT2D eigenvalue weighted by molar-refractivity contribution is -0.142. The van der Waals surface area contributed by atoms with Gasteiger partial charge in [0, 0.05) is 5.56 Å². The summed E-state index contributed by atoms with van der Waals surface area (Å²) in [6.07, 6.45) is -3.92. The van der Waals surface area contributed by atoms with E-state index in [9.17, 15) is 35.1 Å². The highest BCUT2D eigenvalue weighted by Gasteiger charge is 2.38. The van der Waals surface area contributed by atoms with Gasteiger partial charge in [-0.3, -0.25) is 0 Å². The van der Waals surface area contributed by atoms with Crippen LogP contribution in [-0.4, -0.2) is 0 Å². The second kappa shape index (κ2) is 8.08. The zero-order chi connectivity index (χ0) is 22.2. The van der Waals surface area contributed by atoms with Crippen molar-refractivity contribution in [3.63, 3.8) is 0 Å². The molecular weight excluding hydrogens is 416 g/mol. The van der Waals surface area contributed by atoms with Crippen LogP contribution in [-0.2, 0) is 12.6 Å². The molecule has 0 fully saturated rings. The van der Waals surface area contributed by atoms with E-state index >= 15 is 0 Å². The molecule has 0 aliphatic carbocycles. The van der Waals surface area contributed by atoms with E-state index in [0.29, 0.717) is 12.0 Å². The number of hydrogen-bond donors (Lipinski definition) is 0. The molecule has 8 heteroatoms. The van der Waals surface area contributed by atoms with Gasteiger partial charge < -0.3 is 0 Å². The topological polar surface area (TPSA) is 0 Å². The van der Waals surface area contributed by atoms with Gasteiger partial charge in [-0.1, -0.05) is 25.5 Å². The van der Waals surface area contributed by atoms with Crippen LogP contribution in [0.15, 0.2) is 42.5 Å². The third-order valence-electron chi connectivity index (χ3n) is 4.54. The molecule has 0 aliphatic heterocycles. The van der Waals surface area contributed by atoms with Gasteiger partial charge in [-0.2, -0.15) is 13.2 Å². The minimum atomic E-state index is -5.31. The van der Waals surface area contributed by atoms with E-state index in [1.807, 2.05) is 6.92 Å². The fourth-order valence-electron chi connectivity index (χ4n) is 3.23. The zero-order valence-corrected chi connectivity index (χ0v) is 15.5. The second-order valence-corrected chi connectivity index (χ2v) is 6.69. The van der Waals surface area contributed by atoms with Crippen LogP contribution in [0.5, 0.6) is 0 Å². The average Bonchev–Trinajstić information content (AvgIpc) is 2.59. The van der Waals surface area contributed by atoms with E-state index in [1.165, 1.54) is 12.1 Å². The van der Waals surface area contributed by atoms with E-state index in [0.717, 1.165) is 18.6 Å². The minimum absolute atomic E-state index is 0.0935. The molecule has 0 amide bonds. The van der Waals surface area contributed by atoms with Crippen LogP contribution in [0.2, 0.25) is 0 Å². The fourth-order valence-corrected chi connectivity index (χ4v) is 3.23. The molecule has 0 aromatic heterocycles. The highest BCUT2D eigenvalue weighted by molar-refractivity contribution is 5.72. The Morgan fingerprint density at radius 1 is 0.667 bits per heavy atom. The summed E-state index contributed by atoms with van der Waals surface area (Å²) in [6.45, 7) is 1.90. The van der Waals surface area contributed by atoms with Gasteiger partial charge >= 0.3 is 6.18 Å². The van der Waals surface area contributed by atoms with Gasteiger partial charge in [-0.15, -0.1) is 0 Å². The van der Waals surface area contributed by atoms with Crippen LogP contribution in [0.3, 0.4) is 0 Å². The van der Waals surface area contributed by atoms with Crippen molar-refractivity contribution in [2.24, 2.45) is 0 Å². The average molecular weight is 430 g/mol. The molecule has 0 spiro atoms. The van der Waals surface area contributed by atoms with Crippen LogP contribution in [0.1, 0.15) is 24.5 Å². The highest BCUT2D eigenvalue weighted by Crippen LogP contribution is 2.38. The number of alkyl halides is 3. The monoisotopic (exact) mass is 430 g/mol. The molecule has 0 atom stereocenters. The van der Waals surface area contributed by atoms with Gasteiger partial charge in [-0.25, -0.2) is 22.0 Å². The van der Waals surface area contributed by atoms with E-state index in [2.05, 4.69) is 0 Å². The largest absolute Gasteiger partial charge is 0.422 e. The van der Waals surface area contributed by atoms with Crippen molar-refractivity contribution >= 4 is 0 Å². The molecule has 0 radical (unpaired) electrons. The Bertz CT molecular complexity index is 1050. The van der Waals surface area contributed by atoms with Crippen LogP contribution in [0.4, 0.5) is 35.1 Å². The van der Waals surface area contributed by atoms with E-state index in [-0.39, 0.29) is 23.3 Å². The first kappa shape index (κ1) is 21.8. The number of benzene rings is 3. The standard InChI is InChI=1S/C22H14F8/c1-2-3-11-4-5-14(15(23)6-11)12-7-16(24)20(17(25)8-12)13-9-18(26)21(19(27)10-13)22(28,29)30/h4-10H,2-3H2,1H3. The molecule has 158 valence electrons. The lowest BCUT2D eigenvalue weighted by atomic mass is 9.96. The van der Waals surface area contributed by atoms with Crippen LogP contribution in [0.25, 0.3) is 22.3 Å². The van der Waals surface area contributed by atoms with Crippen molar-refractivity contribution in [3.8, 4) is 22.3 Å². The molecule has 0 N–H and O–H groups in total. The normalized spacial score (nSPS) is 11.8. The summed E-state index contributed by atoms with van der Waals surface area (Å²) < 4.78 is 109. The van der Waals surface area contributed by atoms with Crippen molar-refractivity contribution in [3.05, 3.63) is 82.7 Å². The fraction of sp³-hybridized carbons (Fsp3) is 0.182. The Labute approximate surface area is 166 Å². The summed E-state index contributed by atoms with van der Waals surface area (Å²) >= 11 is 0. The van der Waals surface area contributed by atoms with Crippen molar-refractivity contribution in [1.29, 1.82) is 0 Å². The first-order valence-corrected chi connectivity index (χ1v) is 8.87. The van der Waals surface area contributed by atoms with Gasteiger partial charge in [0.2, 0.25) is 0 Å². The lowest BCUT2D eigenvalue weighted by Crippen LogP contribution is -2.11. The number of aryl methyl sites for hydroxylation is 1. The third kappa shape index (κ3) is 4.17. The summed E-state index contributed by atoms with van der Waals surface area (Å²) in [5.41, 5.74) is -3.39. The summed E-state index contributed by atoms with van der Waals surface area (Å²) in [5, 5.41) is 0. The Hall–Kier alpha value is -2.90. The van der Waals surface area contributed by atoms with Gasteiger partial charge in [0.1, 0.15) is 34.6 Å². The molecule has 0 bridgehead atoms. The summed E-state index contributed by atoms with van der Waals surface area (Å²) in [6, 6.07) is 6.11. The molecule has 0 saturated heterocycles. The van der Waals surface area contributed by atoms with Crippen molar-refractivity contribution in [1.82, 2.24) is 0 Å². The molecule has 0 heterocycles. The molecule has 3 rings (SSSR count). The Morgan fingerprint density at radius 2 is 1.20 bits per heavy atom. The Morgan fingerprint density at radius 3 is 1.67 bits per heavy atom. The van der Waals surface area contributed by atoms with E-state index in [4.69, 9.17) is 0 Å². The lowest BCUT2D eigenvalue weighted by Gasteiger charge is -2.13. The van der Waals surface area contributed by atoms with Crippen molar-refractivity contribution < 1.29 is 35.1 Å². The minimum Gasteiger partial charge on any atom is -0.206 e. The van der Waals surface area contributed by atoms with Gasteiger partial charge in [0.25, 0.3) is 0 Å². The summed E-state index contributed by atoms with van der Waals surface area (Å²) in [7, 11) is 0. The zero-order valence-electron chi connectivity index (χ0n) is 15.5. The maximum absolute atomic E-state index is 14.6. The third-order valence-corrected chi connectivity index (χ3v) is 4.54. The summed E-state index contributed by atoms with van der Waals surface area (Å²) in [4.78, 5) is 0. The van der Waals surface area contributed by atoms with Gasteiger partial charge in [-0.05, 0) is 53.4 Å². The SMILES string of the molecule is CCCc1ccc(-c2cc(F)c(-c3cc(F)c(C(F)(F)F)c(F)c3)c(F)c2)c(F)c1. The molecule has 0 nitrogen and oxygen atoms in total.